The number of imide groups is 1. The first-order valence-electron chi connectivity index (χ1n) is 6.87. The number of urea groups is 1. The maximum absolute atomic E-state index is 12.3. The van der Waals surface area contributed by atoms with Gasteiger partial charge in [-0.05, 0) is 24.6 Å². The number of carboxylic acids is 1. The summed E-state index contributed by atoms with van der Waals surface area (Å²) in [5.74, 6) is -2.21. The van der Waals surface area contributed by atoms with Crippen LogP contribution in [0.15, 0.2) is 18.2 Å². The zero-order valence-corrected chi connectivity index (χ0v) is 13.7. The minimum Gasteiger partial charge on any atom is -0.480 e. The molecule has 0 unspecified atom stereocenters. The van der Waals surface area contributed by atoms with E-state index in [0.717, 1.165) is 4.90 Å². The molecule has 0 spiro atoms. The minimum atomic E-state index is -1.17. The number of amides is 4. The first-order chi connectivity index (χ1) is 11.3. The van der Waals surface area contributed by atoms with Crippen LogP contribution in [-0.4, -0.2) is 41.5 Å². The van der Waals surface area contributed by atoms with Crippen LogP contribution in [0.1, 0.15) is 12.8 Å². The van der Waals surface area contributed by atoms with Gasteiger partial charge in [0.15, 0.2) is 0 Å². The maximum atomic E-state index is 12.3. The van der Waals surface area contributed by atoms with E-state index in [0.29, 0.717) is 5.02 Å². The van der Waals surface area contributed by atoms with Crippen LogP contribution in [-0.2, 0) is 14.4 Å². The fourth-order valence-corrected chi connectivity index (χ4v) is 2.43. The Morgan fingerprint density at radius 1 is 1.25 bits per heavy atom. The van der Waals surface area contributed by atoms with Crippen molar-refractivity contribution in [3.05, 3.63) is 28.2 Å². The van der Waals surface area contributed by atoms with E-state index in [1.54, 1.807) is 0 Å². The summed E-state index contributed by atoms with van der Waals surface area (Å²) in [6.45, 7) is -0.501. The molecular weight excluding hydrogens is 361 g/mol. The Morgan fingerprint density at radius 2 is 1.96 bits per heavy atom. The first kappa shape index (κ1) is 18.0. The molecule has 0 radical (unpaired) electrons. The minimum absolute atomic E-state index is 0.0495. The van der Waals surface area contributed by atoms with Crippen molar-refractivity contribution in [2.24, 2.45) is 0 Å². The van der Waals surface area contributed by atoms with Gasteiger partial charge >= 0.3 is 12.0 Å². The van der Waals surface area contributed by atoms with Crippen LogP contribution < -0.4 is 15.5 Å². The molecule has 128 valence electrons. The summed E-state index contributed by atoms with van der Waals surface area (Å²) in [4.78, 5) is 47.1. The van der Waals surface area contributed by atoms with E-state index in [9.17, 15) is 19.2 Å². The summed E-state index contributed by atoms with van der Waals surface area (Å²) in [6, 6.07) is 2.83. The van der Waals surface area contributed by atoms with Crippen LogP contribution in [0.4, 0.5) is 10.5 Å². The number of hydrogen-bond acceptors (Lipinski definition) is 4. The zero-order chi connectivity index (χ0) is 17.9. The van der Waals surface area contributed by atoms with Crippen LogP contribution in [0, 0.1) is 0 Å². The second-order valence-corrected chi connectivity index (χ2v) is 5.80. The van der Waals surface area contributed by atoms with Gasteiger partial charge in [-0.3, -0.25) is 14.4 Å². The van der Waals surface area contributed by atoms with E-state index in [1.165, 1.54) is 18.2 Å². The van der Waals surface area contributed by atoms with Crippen LogP contribution >= 0.6 is 23.2 Å². The molecule has 1 aliphatic rings. The van der Waals surface area contributed by atoms with Crippen molar-refractivity contribution in [1.29, 1.82) is 0 Å². The summed E-state index contributed by atoms with van der Waals surface area (Å²) in [5.41, 5.74) is 0.268. The molecule has 1 aromatic rings. The second-order valence-electron chi connectivity index (χ2n) is 4.98. The number of carbonyl (C=O) groups excluding carboxylic acids is 3. The maximum Gasteiger partial charge on any atom is 0.329 e. The topological polar surface area (TPSA) is 116 Å². The molecule has 10 heteroatoms. The predicted octanol–water partition coefficient (Wildman–Crippen LogP) is 1.40. The van der Waals surface area contributed by atoms with Crippen molar-refractivity contribution in [1.82, 2.24) is 10.6 Å². The number of carboxylic acid groups (broad SMARTS) is 1. The van der Waals surface area contributed by atoms with Crippen LogP contribution in [0.3, 0.4) is 0 Å². The standard InChI is InChI=1S/C14H13Cl2N3O5/c15-8-2-1-7(5-9(8)16)19-13(23)10(18-14(19)24)3-4-11(20)17-6-12(21)22/h1-2,5,10H,3-4,6H2,(H,17,20)(H,18,24)(H,21,22)/t10-/m1/s1. The second kappa shape index (κ2) is 7.50. The number of nitrogens with zero attached hydrogens (tertiary/aromatic N) is 1. The molecule has 1 fully saturated rings. The molecule has 4 amide bonds. The largest absolute Gasteiger partial charge is 0.480 e. The Hall–Kier alpha value is -2.32. The fraction of sp³-hybridized carbons (Fsp3) is 0.286. The molecule has 1 heterocycles. The van der Waals surface area contributed by atoms with E-state index in [4.69, 9.17) is 28.3 Å². The third-order valence-corrected chi connectivity index (χ3v) is 4.02. The van der Waals surface area contributed by atoms with Gasteiger partial charge in [0.25, 0.3) is 5.91 Å². The fourth-order valence-electron chi connectivity index (χ4n) is 2.13. The molecule has 1 aromatic carbocycles. The van der Waals surface area contributed by atoms with Gasteiger partial charge in [0.2, 0.25) is 5.91 Å². The number of anilines is 1. The molecule has 24 heavy (non-hydrogen) atoms. The lowest BCUT2D eigenvalue weighted by atomic mass is 10.1. The molecular formula is C14H13Cl2N3O5. The number of hydrogen-bond donors (Lipinski definition) is 3. The molecule has 0 aliphatic carbocycles. The SMILES string of the molecule is O=C(O)CNC(=O)CC[C@H]1NC(=O)N(c2ccc(Cl)c(Cl)c2)C1=O. The molecule has 8 nitrogen and oxygen atoms in total. The number of rotatable bonds is 6. The van der Waals surface area contributed by atoms with Gasteiger partial charge in [-0.25, -0.2) is 9.69 Å². The molecule has 0 bridgehead atoms. The smallest absolute Gasteiger partial charge is 0.329 e. The van der Waals surface area contributed by atoms with Crippen LogP contribution in [0.5, 0.6) is 0 Å². The monoisotopic (exact) mass is 373 g/mol. The lowest BCUT2D eigenvalue weighted by Crippen LogP contribution is -2.34. The van der Waals surface area contributed by atoms with E-state index in [2.05, 4.69) is 10.6 Å². The Morgan fingerprint density at radius 3 is 2.58 bits per heavy atom. The first-order valence-corrected chi connectivity index (χ1v) is 7.63. The summed E-state index contributed by atoms with van der Waals surface area (Å²) in [6.07, 6.45) is -0.0486. The van der Waals surface area contributed by atoms with E-state index in [-0.39, 0.29) is 23.6 Å². The molecule has 0 saturated carbocycles. The highest BCUT2D eigenvalue weighted by atomic mass is 35.5. The normalized spacial score (nSPS) is 16.9. The molecule has 1 aliphatic heterocycles. The Kier molecular flexibility index (Phi) is 5.63. The summed E-state index contributed by atoms with van der Waals surface area (Å²) in [7, 11) is 0. The third-order valence-electron chi connectivity index (χ3n) is 3.28. The predicted molar refractivity (Wildman–Crippen MR) is 86.1 cm³/mol. The Bertz CT molecular complexity index is 710. The zero-order valence-electron chi connectivity index (χ0n) is 12.2. The molecule has 1 atom stereocenters. The lowest BCUT2D eigenvalue weighted by molar-refractivity contribution is -0.138. The van der Waals surface area contributed by atoms with Crippen molar-refractivity contribution in [3.63, 3.8) is 0 Å². The van der Waals surface area contributed by atoms with Gasteiger partial charge in [0, 0.05) is 6.42 Å². The van der Waals surface area contributed by atoms with Crippen molar-refractivity contribution in [2.75, 3.05) is 11.4 Å². The van der Waals surface area contributed by atoms with Gasteiger partial charge < -0.3 is 15.7 Å². The summed E-state index contributed by atoms with van der Waals surface area (Å²) < 4.78 is 0. The van der Waals surface area contributed by atoms with Gasteiger partial charge in [0.1, 0.15) is 12.6 Å². The van der Waals surface area contributed by atoms with Crippen molar-refractivity contribution >= 4 is 52.7 Å². The molecule has 0 aromatic heterocycles. The average Bonchev–Trinajstić information content (AvgIpc) is 2.80. The Labute approximate surface area is 146 Å². The number of halogens is 2. The van der Waals surface area contributed by atoms with E-state index in [1.807, 2.05) is 0 Å². The summed E-state index contributed by atoms with van der Waals surface area (Å²) >= 11 is 11.7. The number of aliphatic carboxylic acids is 1. The highest BCUT2D eigenvalue weighted by Gasteiger charge is 2.39. The molecule has 2 rings (SSSR count). The molecule has 3 N–H and O–H groups in total. The molecule has 1 saturated heterocycles. The lowest BCUT2D eigenvalue weighted by Gasteiger charge is -2.13. The highest BCUT2D eigenvalue weighted by Crippen LogP contribution is 2.29. The van der Waals surface area contributed by atoms with E-state index >= 15 is 0 Å². The number of benzene rings is 1. The number of carbonyl (C=O) groups is 4. The van der Waals surface area contributed by atoms with Crippen LogP contribution in [0.25, 0.3) is 0 Å². The Balaban J connectivity index is 1.99. The quantitative estimate of drug-likeness (QED) is 0.651. The number of nitrogens with one attached hydrogen (secondary N) is 2. The van der Waals surface area contributed by atoms with Crippen LogP contribution in [0.2, 0.25) is 10.0 Å². The van der Waals surface area contributed by atoms with Crippen molar-refractivity contribution in [2.45, 2.75) is 18.9 Å². The van der Waals surface area contributed by atoms with E-state index < -0.39 is 36.4 Å². The third kappa shape index (κ3) is 4.15. The van der Waals surface area contributed by atoms with Gasteiger partial charge in [0.05, 0.1) is 15.7 Å². The van der Waals surface area contributed by atoms with Gasteiger partial charge in [-0.1, -0.05) is 23.2 Å². The van der Waals surface area contributed by atoms with Crippen molar-refractivity contribution in [3.8, 4) is 0 Å². The summed E-state index contributed by atoms with van der Waals surface area (Å²) in [5, 5.41) is 13.6. The van der Waals surface area contributed by atoms with Crippen molar-refractivity contribution < 1.29 is 24.3 Å². The highest BCUT2D eigenvalue weighted by molar-refractivity contribution is 6.42. The van der Waals surface area contributed by atoms with Gasteiger partial charge in [-0.15, -0.1) is 0 Å². The van der Waals surface area contributed by atoms with Gasteiger partial charge in [-0.2, -0.15) is 0 Å². The average molecular weight is 374 g/mol.